The zero-order valence-electron chi connectivity index (χ0n) is 18.2. The van der Waals surface area contributed by atoms with Crippen LogP contribution in [0.2, 0.25) is 0 Å². The summed E-state index contributed by atoms with van der Waals surface area (Å²) in [4.78, 5) is 11.4. The third-order valence-electron chi connectivity index (χ3n) is 4.99. The van der Waals surface area contributed by atoms with Gasteiger partial charge in [0.1, 0.15) is 36.4 Å². The van der Waals surface area contributed by atoms with Crippen molar-refractivity contribution in [3.05, 3.63) is 66.2 Å². The van der Waals surface area contributed by atoms with Gasteiger partial charge >= 0.3 is 5.97 Å². The van der Waals surface area contributed by atoms with Gasteiger partial charge in [-0.15, -0.1) is 0 Å². The van der Waals surface area contributed by atoms with E-state index in [0.717, 1.165) is 28.7 Å². The molecule has 0 radical (unpaired) electrons. The molecule has 0 spiro atoms. The first-order valence-electron chi connectivity index (χ1n) is 10.7. The Balaban J connectivity index is 1.57. The summed E-state index contributed by atoms with van der Waals surface area (Å²) in [7, 11) is 0. The second kappa shape index (κ2) is 10.8. The molecule has 0 saturated carbocycles. The lowest BCUT2D eigenvalue weighted by Crippen LogP contribution is -2.25. The van der Waals surface area contributed by atoms with Gasteiger partial charge in [0.2, 0.25) is 0 Å². The molecule has 0 bridgehead atoms. The Labute approximate surface area is 183 Å². The summed E-state index contributed by atoms with van der Waals surface area (Å²) < 4.78 is 16.6. The Morgan fingerprint density at radius 1 is 1.10 bits per heavy atom. The molecule has 164 valence electrons. The number of hydrogen-bond acceptors (Lipinski definition) is 5. The molecule has 2 aromatic carbocycles. The monoisotopic (exact) mass is 422 g/mol. The van der Waals surface area contributed by atoms with Gasteiger partial charge in [0.25, 0.3) is 0 Å². The van der Waals surface area contributed by atoms with Gasteiger partial charge in [-0.25, -0.2) is 4.79 Å². The summed E-state index contributed by atoms with van der Waals surface area (Å²) in [5.41, 5.74) is 3.45. The molecule has 0 aliphatic carbocycles. The molecule has 0 aliphatic rings. The second-order valence-corrected chi connectivity index (χ2v) is 7.81. The van der Waals surface area contributed by atoms with E-state index >= 15 is 0 Å². The summed E-state index contributed by atoms with van der Waals surface area (Å²) >= 11 is 0. The highest BCUT2D eigenvalue weighted by molar-refractivity contribution is 5.87. The zero-order valence-corrected chi connectivity index (χ0v) is 18.2. The van der Waals surface area contributed by atoms with Gasteiger partial charge in [0, 0.05) is 16.5 Å². The first-order valence-corrected chi connectivity index (χ1v) is 10.7. The lowest BCUT2D eigenvalue weighted by Gasteiger charge is -2.13. The number of ether oxygens (including phenoxy) is 2. The van der Waals surface area contributed by atoms with Crippen LogP contribution in [-0.4, -0.2) is 30.4 Å². The Bertz CT molecular complexity index is 1020. The average molecular weight is 423 g/mol. The van der Waals surface area contributed by atoms with Gasteiger partial charge in [0.05, 0.1) is 0 Å². The number of esters is 1. The number of furan rings is 1. The van der Waals surface area contributed by atoms with E-state index in [4.69, 9.17) is 13.9 Å². The Morgan fingerprint density at radius 2 is 1.87 bits per heavy atom. The second-order valence-electron chi connectivity index (χ2n) is 7.81. The van der Waals surface area contributed by atoms with Crippen molar-refractivity contribution < 1.29 is 23.8 Å². The van der Waals surface area contributed by atoms with Crippen molar-refractivity contribution in [2.45, 2.75) is 45.6 Å². The van der Waals surface area contributed by atoms with E-state index in [1.54, 1.807) is 6.92 Å². The van der Waals surface area contributed by atoms with Gasteiger partial charge in [-0.3, -0.25) is 0 Å². The minimum absolute atomic E-state index is 0.0221. The number of rotatable bonds is 11. The predicted octanol–water partition coefficient (Wildman–Crippen LogP) is 5.69. The number of aliphatic hydroxyl groups excluding tert-OH is 1. The quantitative estimate of drug-likeness (QED) is 0.244. The largest absolute Gasteiger partial charge is 0.491 e. The Morgan fingerprint density at radius 3 is 2.58 bits per heavy atom. The number of carbonyl (C=O) groups is 1. The molecule has 1 atom stereocenters. The third kappa shape index (κ3) is 6.46. The minimum Gasteiger partial charge on any atom is -0.491 e. The van der Waals surface area contributed by atoms with E-state index in [9.17, 15) is 9.90 Å². The third-order valence-corrected chi connectivity index (χ3v) is 4.99. The summed E-state index contributed by atoms with van der Waals surface area (Å²) in [5, 5.41) is 11.0. The van der Waals surface area contributed by atoms with E-state index in [1.807, 2.05) is 30.3 Å². The van der Waals surface area contributed by atoms with E-state index in [-0.39, 0.29) is 13.2 Å². The van der Waals surface area contributed by atoms with Crippen molar-refractivity contribution in [2.75, 3.05) is 13.2 Å². The highest BCUT2D eigenvalue weighted by Gasteiger charge is 2.11. The summed E-state index contributed by atoms with van der Waals surface area (Å²) in [6, 6.07) is 16.0. The number of hydrogen-bond donors (Lipinski definition) is 1. The number of aliphatic hydroxyl groups is 1. The van der Waals surface area contributed by atoms with Crippen molar-refractivity contribution in [1.82, 2.24) is 0 Å². The lowest BCUT2D eigenvalue weighted by molar-refractivity contribution is -0.142. The molecule has 31 heavy (non-hydrogen) atoms. The Kier molecular flexibility index (Phi) is 7.90. The van der Waals surface area contributed by atoms with Crippen molar-refractivity contribution >= 4 is 16.9 Å². The van der Waals surface area contributed by atoms with Crippen molar-refractivity contribution in [1.29, 1.82) is 0 Å². The van der Waals surface area contributed by atoms with Crippen molar-refractivity contribution in [2.24, 2.45) is 0 Å². The van der Waals surface area contributed by atoms with Crippen LogP contribution >= 0.6 is 0 Å². The molecule has 1 heterocycles. The molecule has 0 amide bonds. The fourth-order valence-corrected chi connectivity index (χ4v) is 3.20. The van der Waals surface area contributed by atoms with E-state index in [2.05, 4.69) is 31.7 Å². The normalized spacial score (nSPS) is 12.0. The highest BCUT2D eigenvalue weighted by atomic mass is 16.5. The van der Waals surface area contributed by atoms with Crippen LogP contribution in [0.15, 0.2) is 65.1 Å². The molecule has 1 N–H and O–H groups in total. The smallest absolute Gasteiger partial charge is 0.333 e. The molecule has 3 rings (SSSR count). The fraction of sp³-hybridized carbons (Fsp3) is 0.346. The van der Waals surface area contributed by atoms with Gasteiger partial charge in [-0.05, 0) is 61.7 Å². The maximum Gasteiger partial charge on any atom is 0.333 e. The first kappa shape index (κ1) is 22.6. The zero-order chi connectivity index (χ0) is 22.2. The van der Waals surface area contributed by atoms with Gasteiger partial charge in [-0.1, -0.05) is 38.5 Å². The summed E-state index contributed by atoms with van der Waals surface area (Å²) in [6.45, 7) is 7.15. The summed E-state index contributed by atoms with van der Waals surface area (Å²) in [5.74, 6) is 0.893. The molecule has 1 aromatic heterocycles. The van der Waals surface area contributed by atoms with Crippen LogP contribution in [0.4, 0.5) is 0 Å². The van der Waals surface area contributed by atoms with Crippen LogP contribution in [0.1, 0.15) is 38.7 Å². The van der Waals surface area contributed by atoms with Crippen LogP contribution in [0.5, 0.6) is 5.75 Å². The highest BCUT2D eigenvalue weighted by Crippen LogP contribution is 2.30. The topological polar surface area (TPSA) is 68.9 Å². The van der Waals surface area contributed by atoms with Crippen molar-refractivity contribution in [3.63, 3.8) is 0 Å². The molecule has 3 aromatic rings. The summed E-state index contributed by atoms with van der Waals surface area (Å²) in [6.07, 6.45) is 3.82. The van der Waals surface area contributed by atoms with Crippen LogP contribution in [0.25, 0.3) is 22.3 Å². The molecule has 5 heteroatoms. The van der Waals surface area contributed by atoms with Crippen molar-refractivity contribution in [3.8, 4) is 17.1 Å². The average Bonchev–Trinajstić information content (AvgIpc) is 3.20. The van der Waals surface area contributed by atoms with Crippen LogP contribution in [-0.2, 0) is 16.0 Å². The Hall–Kier alpha value is -3.05. The maximum atomic E-state index is 11.4. The molecule has 1 unspecified atom stereocenters. The number of fused-ring (bicyclic) bond motifs is 1. The molecule has 0 saturated heterocycles. The van der Waals surface area contributed by atoms with Crippen LogP contribution < -0.4 is 4.74 Å². The molecular weight excluding hydrogens is 392 g/mol. The van der Waals surface area contributed by atoms with Gasteiger partial charge < -0.3 is 19.0 Å². The molecule has 5 nitrogen and oxygen atoms in total. The minimum atomic E-state index is -0.912. The molecule has 0 fully saturated rings. The van der Waals surface area contributed by atoms with Crippen LogP contribution in [0.3, 0.4) is 0 Å². The van der Waals surface area contributed by atoms with Gasteiger partial charge in [-0.2, -0.15) is 0 Å². The van der Waals surface area contributed by atoms with E-state index < -0.39 is 12.1 Å². The predicted molar refractivity (Wildman–Crippen MR) is 122 cm³/mol. The number of aryl methyl sites for hydroxylation is 1. The standard InChI is InChI=1S/C26H30O5/c1-4-5-6-7-19-8-9-21-15-25(31-24(21)14-19)20-10-12-23(13-11-20)29-16-22(27)17-30-26(28)18(2)3/h8-15,22,27H,2,4-7,16-17H2,1,3H3. The molecule has 0 aliphatic heterocycles. The van der Waals surface area contributed by atoms with E-state index in [1.165, 1.54) is 24.8 Å². The molecular formula is C26H30O5. The number of unbranched alkanes of at least 4 members (excludes halogenated alkanes) is 2. The van der Waals surface area contributed by atoms with E-state index in [0.29, 0.717) is 11.3 Å². The maximum absolute atomic E-state index is 11.4. The van der Waals surface area contributed by atoms with Gasteiger partial charge in [0.15, 0.2) is 0 Å². The SMILES string of the molecule is C=C(C)C(=O)OCC(O)COc1ccc(-c2cc3ccc(CCCCC)cc3o2)cc1. The fourth-order valence-electron chi connectivity index (χ4n) is 3.20. The van der Waals surface area contributed by atoms with Crippen LogP contribution in [0, 0.1) is 0 Å². The first-order chi connectivity index (χ1) is 15.0. The number of carbonyl (C=O) groups excluding carboxylic acids is 1. The lowest BCUT2D eigenvalue weighted by atomic mass is 10.1. The number of benzene rings is 2.